The zero-order valence-electron chi connectivity index (χ0n) is 12.2. The van der Waals surface area contributed by atoms with Gasteiger partial charge in [0.1, 0.15) is 5.70 Å². The third-order valence-electron chi connectivity index (χ3n) is 3.41. The number of hydrogen-bond donors (Lipinski definition) is 1. The Hall–Kier alpha value is -1.36. The quantitative estimate of drug-likeness (QED) is 0.333. The highest BCUT2D eigenvalue weighted by Gasteiger charge is 2.30. The number of unbranched alkanes of at least 4 members (excludes halogenated alkanes) is 1. The summed E-state index contributed by atoms with van der Waals surface area (Å²) in [5, 5.41) is 12.9. The third kappa shape index (κ3) is 5.03. The van der Waals surface area contributed by atoms with E-state index in [1.807, 2.05) is 21.0 Å². The second kappa shape index (κ2) is 7.94. The molecule has 0 radical (unpaired) electrons. The van der Waals surface area contributed by atoms with Gasteiger partial charge in [0.05, 0.1) is 4.92 Å². The fourth-order valence-corrected chi connectivity index (χ4v) is 2.55. The zero-order valence-corrected chi connectivity index (χ0v) is 12.2. The van der Waals surface area contributed by atoms with Gasteiger partial charge in [-0.15, -0.1) is 0 Å². The van der Waals surface area contributed by atoms with E-state index in [1.165, 1.54) is 0 Å². The number of nitro groups is 1. The summed E-state index contributed by atoms with van der Waals surface area (Å²) in [5.41, 5.74) is 4.35. The molecule has 0 aromatic carbocycles. The van der Waals surface area contributed by atoms with Crippen molar-refractivity contribution in [3.05, 3.63) is 33.7 Å². The Labute approximate surface area is 115 Å². The monoisotopic (exact) mass is 267 g/mol. The Morgan fingerprint density at radius 1 is 1.53 bits per heavy atom. The number of nitrogens with zero attached hydrogens (tertiary/aromatic N) is 2. The summed E-state index contributed by atoms with van der Waals surface area (Å²) >= 11 is 0. The van der Waals surface area contributed by atoms with Crippen LogP contribution in [-0.4, -0.2) is 24.0 Å². The molecular weight excluding hydrogens is 242 g/mol. The predicted octanol–water partition coefficient (Wildman–Crippen LogP) is 3.09. The van der Waals surface area contributed by atoms with Gasteiger partial charge in [0, 0.05) is 26.4 Å². The van der Waals surface area contributed by atoms with Crippen LogP contribution in [0.3, 0.4) is 0 Å². The van der Waals surface area contributed by atoms with Crippen molar-refractivity contribution in [2.45, 2.75) is 45.4 Å². The minimum Gasteiger partial charge on any atom is -0.317 e. The molecule has 0 aromatic heterocycles. The van der Waals surface area contributed by atoms with Crippen LogP contribution in [0.15, 0.2) is 23.5 Å². The molecule has 0 saturated heterocycles. The average Bonchev–Trinajstić information content (AvgIpc) is 2.35. The van der Waals surface area contributed by atoms with Gasteiger partial charge in [-0.2, -0.15) is 0 Å². The summed E-state index contributed by atoms with van der Waals surface area (Å²) in [7, 11) is 3.74. The van der Waals surface area contributed by atoms with E-state index < -0.39 is 0 Å². The van der Waals surface area contributed by atoms with Crippen LogP contribution in [-0.2, 0) is 0 Å². The zero-order chi connectivity index (χ0) is 14.3. The molecule has 1 unspecified atom stereocenters. The highest BCUT2D eigenvalue weighted by atomic mass is 16.6. The summed E-state index contributed by atoms with van der Waals surface area (Å²) in [6, 6.07) is 0. The molecule has 1 aliphatic carbocycles. The molecule has 5 nitrogen and oxygen atoms in total. The fraction of sp³-hybridized carbons (Fsp3) is 0.714. The number of hydrazine groups is 1. The minimum absolute atomic E-state index is 0.218. The van der Waals surface area contributed by atoms with E-state index in [2.05, 4.69) is 17.6 Å². The number of hydrogen-bond acceptors (Lipinski definition) is 4. The van der Waals surface area contributed by atoms with Gasteiger partial charge in [-0.1, -0.05) is 12.2 Å². The molecule has 0 heterocycles. The normalized spacial score (nSPS) is 20.3. The molecule has 0 amide bonds. The van der Waals surface area contributed by atoms with Gasteiger partial charge in [0.25, 0.3) is 5.70 Å². The maximum atomic E-state index is 11.1. The second-order valence-corrected chi connectivity index (χ2v) is 5.21. The smallest absolute Gasteiger partial charge is 0.266 e. The Kier molecular flexibility index (Phi) is 6.56. The van der Waals surface area contributed by atoms with Crippen molar-refractivity contribution in [2.24, 2.45) is 5.92 Å². The summed E-state index contributed by atoms with van der Waals surface area (Å²) < 4.78 is 0. The molecule has 19 heavy (non-hydrogen) atoms. The number of nitrogens with one attached hydrogen (secondary N) is 1. The van der Waals surface area contributed by atoms with E-state index in [4.69, 9.17) is 0 Å². The van der Waals surface area contributed by atoms with E-state index in [0.29, 0.717) is 18.0 Å². The van der Waals surface area contributed by atoms with E-state index in [0.717, 1.165) is 37.8 Å². The number of allylic oxidation sites excluding steroid dienone is 4. The molecule has 0 fully saturated rings. The Morgan fingerprint density at radius 3 is 2.84 bits per heavy atom. The van der Waals surface area contributed by atoms with Crippen LogP contribution in [0.1, 0.15) is 45.4 Å². The first-order valence-electron chi connectivity index (χ1n) is 6.98. The Morgan fingerprint density at radius 2 is 2.26 bits per heavy atom. The first-order chi connectivity index (χ1) is 9.06. The lowest BCUT2D eigenvalue weighted by atomic mass is 9.86. The minimum atomic E-state index is -0.218. The summed E-state index contributed by atoms with van der Waals surface area (Å²) in [4.78, 5) is 10.9. The molecule has 0 spiro atoms. The van der Waals surface area contributed by atoms with Gasteiger partial charge in [0.2, 0.25) is 0 Å². The van der Waals surface area contributed by atoms with Crippen molar-refractivity contribution in [1.29, 1.82) is 0 Å². The topological polar surface area (TPSA) is 58.4 Å². The first-order valence-corrected chi connectivity index (χ1v) is 6.98. The molecule has 1 N–H and O–H groups in total. The molecule has 0 bridgehead atoms. The van der Waals surface area contributed by atoms with Crippen molar-refractivity contribution in [3.63, 3.8) is 0 Å². The summed E-state index contributed by atoms with van der Waals surface area (Å²) in [6.45, 7) is 2.02. The molecular formula is C14H25N3O2. The summed E-state index contributed by atoms with van der Waals surface area (Å²) in [5.74, 6) is 0.293. The van der Waals surface area contributed by atoms with E-state index in [-0.39, 0.29) is 4.92 Å². The molecule has 0 aliphatic heterocycles. The largest absolute Gasteiger partial charge is 0.317 e. The van der Waals surface area contributed by atoms with E-state index in [9.17, 15) is 10.1 Å². The van der Waals surface area contributed by atoms with Crippen molar-refractivity contribution < 1.29 is 4.92 Å². The van der Waals surface area contributed by atoms with Gasteiger partial charge in [-0.05, 0) is 39.0 Å². The first kappa shape index (κ1) is 15.7. The van der Waals surface area contributed by atoms with Crippen LogP contribution in [0, 0.1) is 16.0 Å². The van der Waals surface area contributed by atoms with Crippen molar-refractivity contribution in [3.8, 4) is 0 Å². The van der Waals surface area contributed by atoms with Crippen molar-refractivity contribution >= 4 is 0 Å². The maximum Gasteiger partial charge on any atom is 0.266 e. The highest BCUT2D eigenvalue weighted by molar-refractivity contribution is 5.12. The fourth-order valence-electron chi connectivity index (χ4n) is 2.55. The lowest BCUT2D eigenvalue weighted by Crippen LogP contribution is -2.36. The lowest BCUT2D eigenvalue weighted by Gasteiger charge is -2.27. The molecule has 1 atom stereocenters. The molecule has 108 valence electrons. The Bertz CT molecular complexity index is 362. The average molecular weight is 267 g/mol. The Balaban J connectivity index is 2.76. The van der Waals surface area contributed by atoms with E-state index in [1.54, 1.807) is 5.01 Å². The van der Waals surface area contributed by atoms with Crippen LogP contribution in [0.25, 0.3) is 0 Å². The van der Waals surface area contributed by atoms with Gasteiger partial charge >= 0.3 is 0 Å². The van der Waals surface area contributed by atoms with Crippen LogP contribution >= 0.6 is 0 Å². The third-order valence-corrected chi connectivity index (χ3v) is 3.41. The van der Waals surface area contributed by atoms with Gasteiger partial charge in [0.15, 0.2) is 0 Å². The summed E-state index contributed by atoms with van der Waals surface area (Å²) in [6.07, 6.45) is 9.89. The van der Waals surface area contributed by atoms with Gasteiger partial charge in [-0.3, -0.25) is 10.1 Å². The molecule has 1 rings (SSSR count). The van der Waals surface area contributed by atoms with Crippen molar-refractivity contribution in [1.82, 2.24) is 10.4 Å². The van der Waals surface area contributed by atoms with Gasteiger partial charge < -0.3 is 5.43 Å². The van der Waals surface area contributed by atoms with E-state index >= 15 is 0 Å². The molecule has 5 heteroatoms. The van der Waals surface area contributed by atoms with Crippen LogP contribution in [0.2, 0.25) is 0 Å². The maximum absolute atomic E-state index is 11.1. The highest BCUT2D eigenvalue weighted by Crippen LogP contribution is 2.32. The number of rotatable bonds is 7. The van der Waals surface area contributed by atoms with Gasteiger partial charge in [-0.25, -0.2) is 5.01 Å². The molecule has 0 aromatic rings. The standard InChI is InChI=1S/C14H25N3O2/c1-4-5-6-7-9-12-10-8-11-13(17(18)19)14(12)15-16(2)3/h4-5,12,15H,6-11H2,1-3H3/b5-4+. The van der Waals surface area contributed by atoms with Crippen LogP contribution in [0.5, 0.6) is 0 Å². The predicted molar refractivity (Wildman–Crippen MR) is 76.8 cm³/mol. The van der Waals surface area contributed by atoms with Crippen molar-refractivity contribution in [2.75, 3.05) is 14.1 Å². The second-order valence-electron chi connectivity index (χ2n) is 5.21. The lowest BCUT2D eigenvalue weighted by molar-refractivity contribution is -0.431. The SMILES string of the molecule is C/C=C/CCCC1CCCC([N+](=O)[O-])=C1NN(C)C. The van der Waals surface area contributed by atoms with Crippen LogP contribution in [0.4, 0.5) is 0 Å². The van der Waals surface area contributed by atoms with Crippen LogP contribution < -0.4 is 5.43 Å². The molecule has 0 saturated carbocycles. The molecule has 1 aliphatic rings.